The number of ether oxygens (including phenoxy) is 1. The summed E-state index contributed by atoms with van der Waals surface area (Å²) >= 11 is 2.43. The fourth-order valence-corrected chi connectivity index (χ4v) is 5.96. The van der Waals surface area contributed by atoms with Crippen LogP contribution in [0.2, 0.25) is 0 Å². The van der Waals surface area contributed by atoms with Crippen LogP contribution < -0.4 is 10.9 Å². The maximum absolute atomic E-state index is 13.4. The first-order chi connectivity index (χ1) is 17.1. The molecule has 1 aromatic carbocycles. The lowest BCUT2D eigenvalue weighted by molar-refractivity contribution is 0.0529. The summed E-state index contributed by atoms with van der Waals surface area (Å²) in [6.45, 7) is 8.21. The summed E-state index contributed by atoms with van der Waals surface area (Å²) in [5.41, 5.74) is 4.44. The van der Waals surface area contributed by atoms with Crippen molar-refractivity contribution in [3.8, 4) is 11.1 Å². The molecule has 0 bridgehead atoms. The molecule has 0 radical (unpaired) electrons. The molecular weight excluding hydrogens is 496 g/mol. The third-order valence-electron chi connectivity index (χ3n) is 5.84. The van der Waals surface area contributed by atoms with Crippen molar-refractivity contribution < 1.29 is 14.3 Å². The SMILES string of the molecule is CCOC(=O)c1c(-c2ccc(C)c(C)c2)csc1NC(=O)c1sc2nc(CN(C)C)[nH]c(=O)c2c1C. The third kappa shape index (κ3) is 4.97. The number of carbonyl (C=O) groups is 2. The van der Waals surface area contributed by atoms with Gasteiger partial charge in [0.1, 0.15) is 21.2 Å². The zero-order chi connectivity index (χ0) is 26.1. The van der Waals surface area contributed by atoms with Gasteiger partial charge in [-0.25, -0.2) is 9.78 Å². The minimum absolute atomic E-state index is 0.216. The van der Waals surface area contributed by atoms with Gasteiger partial charge in [-0.05, 0) is 64.0 Å². The molecule has 8 nitrogen and oxygen atoms in total. The summed E-state index contributed by atoms with van der Waals surface area (Å²) < 4.78 is 5.32. The van der Waals surface area contributed by atoms with Crippen molar-refractivity contribution in [2.24, 2.45) is 0 Å². The summed E-state index contributed by atoms with van der Waals surface area (Å²) in [6.07, 6.45) is 0. The molecule has 0 spiro atoms. The quantitative estimate of drug-likeness (QED) is 0.325. The molecule has 0 saturated heterocycles. The Morgan fingerprint density at radius 2 is 1.92 bits per heavy atom. The van der Waals surface area contributed by atoms with Crippen molar-refractivity contribution in [3.05, 3.63) is 66.9 Å². The zero-order valence-electron chi connectivity index (χ0n) is 21.1. The van der Waals surface area contributed by atoms with Crippen LogP contribution in [0.15, 0.2) is 28.4 Å². The van der Waals surface area contributed by atoms with E-state index >= 15 is 0 Å². The van der Waals surface area contributed by atoms with Crippen LogP contribution >= 0.6 is 22.7 Å². The number of H-pyrrole nitrogens is 1. The standard InChI is InChI=1S/C26H28N4O4S2/c1-7-34-26(33)20-17(16-9-8-13(2)14(3)10-16)12-35-24(20)29-23(32)21-15(4)19-22(31)27-18(11-30(5)6)28-25(19)36-21/h8-10,12H,7,11H2,1-6H3,(H,29,32)(H,27,28,31). The predicted octanol–water partition coefficient (Wildman–Crippen LogP) is 5.13. The zero-order valence-corrected chi connectivity index (χ0v) is 22.7. The van der Waals surface area contributed by atoms with Crippen LogP contribution in [-0.2, 0) is 11.3 Å². The van der Waals surface area contributed by atoms with Crippen LogP contribution in [0.4, 0.5) is 5.00 Å². The number of hydrogen-bond acceptors (Lipinski definition) is 8. The van der Waals surface area contributed by atoms with E-state index in [0.29, 0.717) is 49.2 Å². The van der Waals surface area contributed by atoms with Gasteiger partial charge in [0.2, 0.25) is 0 Å². The van der Waals surface area contributed by atoms with Crippen LogP contribution in [0.25, 0.3) is 21.3 Å². The highest BCUT2D eigenvalue weighted by atomic mass is 32.1. The number of amides is 1. The Morgan fingerprint density at radius 3 is 2.58 bits per heavy atom. The number of aromatic amines is 1. The lowest BCUT2D eigenvalue weighted by Gasteiger charge is -2.10. The Morgan fingerprint density at radius 1 is 1.17 bits per heavy atom. The smallest absolute Gasteiger partial charge is 0.341 e. The maximum atomic E-state index is 13.4. The highest BCUT2D eigenvalue weighted by Crippen LogP contribution is 2.38. The third-order valence-corrected chi connectivity index (χ3v) is 7.92. The molecule has 36 heavy (non-hydrogen) atoms. The van der Waals surface area contributed by atoms with Gasteiger partial charge < -0.3 is 19.9 Å². The van der Waals surface area contributed by atoms with E-state index in [-0.39, 0.29) is 12.2 Å². The van der Waals surface area contributed by atoms with Crippen molar-refractivity contribution in [2.45, 2.75) is 34.2 Å². The Labute approximate surface area is 217 Å². The van der Waals surface area contributed by atoms with Gasteiger partial charge in [-0.3, -0.25) is 9.59 Å². The van der Waals surface area contributed by atoms with Gasteiger partial charge in [-0.2, -0.15) is 0 Å². The first-order valence-electron chi connectivity index (χ1n) is 11.4. The van der Waals surface area contributed by atoms with Crippen LogP contribution in [0.5, 0.6) is 0 Å². The minimum Gasteiger partial charge on any atom is -0.462 e. The van der Waals surface area contributed by atoms with E-state index in [4.69, 9.17) is 4.74 Å². The lowest BCUT2D eigenvalue weighted by atomic mass is 9.99. The van der Waals surface area contributed by atoms with Crippen molar-refractivity contribution in [3.63, 3.8) is 0 Å². The fourth-order valence-electron chi connectivity index (χ4n) is 3.92. The van der Waals surface area contributed by atoms with E-state index in [1.165, 1.54) is 11.3 Å². The molecule has 0 unspecified atom stereocenters. The molecule has 0 atom stereocenters. The summed E-state index contributed by atoms with van der Waals surface area (Å²) in [6, 6.07) is 5.98. The van der Waals surface area contributed by atoms with E-state index in [9.17, 15) is 14.4 Å². The molecule has 4 rings (SSSR count). The number of rotatable bonds is 7. The van der Waals surface area contributed by atoms with E-state index in [0.717, 1.165) is 28.0 Å². The second-order valence-corrected chi connectivity index (χ2v) is 10.7. The molecule has 0 saturated carbocycles. The summed E-state index contributed by atoms with van der Waals surface area (Å²) in [5, 5.41) is 5.55. The monoisotopic (exact) mass is 524 g/mol. The lowest BCUT2D eigenvalue weighted by Crippen LogP contribution is -2.18. The second kappa shape index (κ2) is 10.3. The van der Waals surface area contributed by atoms with E-state index < -0.39 is 11.9 Å². The number of aryl methyl sites for hydroxylation is 3. The maximum Gasteiger partial charge on any atom is 0.341 e. The normalized spacial score (nSPS) is 11.3. The van der Waals surface area contributed by atoms with Crippen LogP contribution in [0.3, 0.4) is 0 Å². The molecule has 0 aliphatic heterocycles. The van der Waals surface area contributed by atoms with Gasteiger partial charge in [-0.15, -0.1) is 22.7 Å². The summed E-state index contributed by atoms with van der Waals surface area (Å²) in [5.74, 6) is -0.364. The Bertz CT molecular complexity index is 1530. The molecule has 0 aliphatic carbocycles. The predicted molar refractivity (Wildman–Crippen MR) is 146 cm³/mol. The van der Waals surface area contributed by atoms with E-state index in [2.05, 4.69) is 15.3 Å². The molecule has 0 fully saturated rings. The van der Waals surface area contributed by atoms with Crippen molar-refractivity contribution in [2.75, 3.05) is 26.0 Å². The number of benzene rings is 1. The molecule has 1 amide bonds. The Balaban J connectivity index is 1.74. The van der Waals surface area contributed by atoms with Gasteiger partial charge >= 0.3 is 5.97 Å². The topological polar surface area (TPSA) is 104 Å². The van der Waals surface area contributed by atoms with Gasteiger partial charge in [0.25, 0.3) is 11.5 Å². The van der Waals surface area contributed by atoms with E-state index in [1.807, 2.05) is 56.4 Å². The molecule has 10 heteroatoms. The summed E-state index contributed by atoms with van der Waals surface area (Å²) in [4.78, 5) is 49.2. The number of anilines is 1. The van der Waals surface area contributed by atoms with Crippen molar-refractivity contribution >= 4 is 49.8 Å². The largest absolute Gasteiger partial charge is 0.462 e. The molecule has 0 aliphatic rings. The minimum atomic E-state index is -0.498. The van der Waals surface area contributed by atoms with Crippen LogP contribution in [0, 0.1) is 20.8 Å². The highest BCUT2D eigenvalue weighted by Gasteiger charge is 2.25. The number of esters is 1. The molecule has 3 aromatic heterocycles. The number of hydrogen-bond donors (Lipinski definition) is 2. The van der Waals surface area contributed by atoms with Crippen LogP contribution in [0.1, 0.15) is 49.5 Å². The first kappa shape index (κ1) is 25.7. The molecular formula is C26H28N4O4S2. The number of nitrogens with zero attached hydrogens (tertiary/aromatic N) is 2. The number of carbonyl (C=O) groups excluding carboxylic acids is 2. The summed E-state index contributed by atoms with van der Waals surface area (Å²) in [7, 11) is 3.77. The van der Waals surface area contributed by atoms with Gasteiger partial charge in [0.05, 0.1) is 23.4 Å². The molecule has 4 aromatic rings. The number of nitrogens with one attached hydrogen (secondary N) is 2. The number of thiophene rings is 2. The molecule has 188 valence electrons. The van der Waals surface area contributed by atoms with Gasteiger partial charge in [-0.1, -0.05) is 18.2 Å². The number of fused-ring (bicyclic) bond motifs is 1. The van der Waals surface area contributed by atoms with E-state index in [1.54, 1.807) is 13.8 Å². The van der Waals surface area contributed by atoms with Crippen molar-refractivity contribution in [1.82, 2.24) is 14.9 Å². The Hall–Kier alpha value is -3.34. The highest BCUT2D eigenvalue weighted by molar-refractivity contribution is 7.21. The van der Waals surface area contributed by atoms with Gasteiger partial charge in [0, 0.05) is 10.9 Å². The second-order valence-electron chi connectivity index (χ2n) is 8.81. The average Bonchev–Trinajstić information content (AvgIpc) is 3.36. The Kier molecular flexibility index (Phi) is 7.39. The van der Waals surface area contributed by atoms with Crippen LogP contribution in [-0.4, -0.2) is 47.4 Å². The van der Waals surface area contributed by atoms with Gasteiger partial charge in [0.15, 0.2) is 0 Å². The molecule has 2 N–H and O–H groups in total. The number of aromatic nitrogens is 2. The first-order valence-corrected chi connectivity index (χ1v) is 13.1. The van der Waals surface area contributed by atoms with Crippen molar-refractivity contribution in [1.29, 1.82) is 0 Å². The molecule has 3 heterocycles. The average molecular weight is 525 g/mol. The fraction of sp³-hybridized carbons (Fsp3) is 0.308.